The van der Waals surface area contributed by atoms with Gasteiger partial charge in [-0.05, 0) is 35.7 Å². The van der Waals surface area contributed by atoms with Crippen LogP contribution < -0.4 is 4.90 Å². The predicted molar refractivity (Wildman–Crippen MR) is 107 cm³/mol. The van der Waals surface area contributed by atoms with Crippen molar-refractivity contribution >= 4 is 17.4 Å². The number of para-hydroxylation sites is 1. The number of anilines is 1. The van der Waals surface area contributed by atoms with E-state index in [-0.39, 0.29) is 17.8 Å². The Labute approximate surface area is 160 Å². The minimum atomic E-state index is -0.480. The molecule has 0 bridgehead atoms. The van der Waals surface area contributed by atoms with Gasteiger partial charge in [-0.25, -0.2) is 4.79 Å². The molecule has 4 heteroatoms. The minimum Gasteiger partial charge on any atom is -0.454 e. The van der Waals surface area contributed by atoms with Crippen molar-refractivity contribution in [1.29, 1.82) is 0 Å². The number of ether oxygens (including phenoxy) is 1. The fraction of sp³-hybridized carbons (Fsp3) is 0.304. The lowest BCUT2D eigenvalue weighted by Gasteiger charge is -2.23. The van der Waals surface area contributed by atoms with E-state index in [1.807, 2.05) is 42.3 Å². The van der Waals surface area contributed by atoms with Gasteiger partial charge >= 0.3 is 5.97 Å². The Morgan fingerprint density at radius 2 is 1.74 bits per heavy atom. The Kier molecular flexibility index (Phi) is 5.17. The van der Waals surface area contributed by atoms with Crippen molar-refractivity contribution in [3.63, 3.8) is 0 Å². The maximum absolute atomic E-state index is 12.4. The van der Waals surface area contributed by atoms with Gasteiger partial charge in [0.2, 0.25) is 0 Å². The van der Waals surface area contributed by atoms with Gasteiger partial charge in [-0.2, -0.15) is 0 Å². The van der Waals surface area contributed by atoms with Crippen LogP contribution in [0.5, 0.6) is 0 Å². The van der Waals surface area contributed by atoms with Crippen LogP contribution in [0.15, 0.2) is 60.3 Å². The molecule has 0 aliphatic carbocycles. The van der Waals surface area contributed by atoms with Crippen LogP contribution in [0.1, 0.15) is 42.3 Å². The summed E-state index contributed by atoms with van der Waals surface area (Å²) in [4.78, 5) is 26.6. The third-order valence-corrected chi connectivity index (χ3v) is 5.18. The Balaban J connectivity index is 1.69. The van der Waals surface area contributed by atoms with Crippen LogP contribution in [-0.2, 0) is 21.4 Å². The van der Waals surface area contributed by atoms with E-state index in [4.69, 9.17) is 4.74 Å². The molecule has 1 heterocycles. The fourth-order valence-electron chi connectivity index (χ4n) is 3.55. The van der Waals surface area contributed by atoms with E-state index < -0.39 is 5.97 Å². The molecule has 0 saturated carbocycles. The number of rotatable bonds is 5. The summed E-state index contributed by atoms with van der Waals surface area (Å²) in [6, 6.07) is 15.4. The van der Waals surface area contributed by atoms with Gasteiger partial charge in [0.25, 0.3) is 0 Å². The van der Waals surface area contributed by atoms with Crippen LogP contribution in [0.25, 0.3) is 0 Å². The maximum atomic E-state index is 12.4. The first-order chi connectivity index (χ1) is 12.8. The molecule has 0 aromatic heterocycles. The first-order valence-electron chi connectivity index (χ1n) is 9.19. The van der Waals surface area contributed by atoms with Gasteiger partial charge in [-0.1, -0.05) is 51.1 Å². The summed E-state index contributed by atoms with van der Waals surface area (Å²) in [6.45, 7) is 5.98. The Bertz CT molecular complexity index is 894. The molecular weight excluding hydrogens is 338 g/mol. The number of hydrogen-bond donors (Lipinski definition) is 0. The summed E-state index contributed by atoms with van der Waals surface area (Å²) >= 11 is 0. The molecule has 3 rings (SSSR count). The van der Waals surface area contributed by atoms with Gasteiger partial charge < -0.3 is 9.64 Å². The predicted octanol–water partition coefficient (Wildman–Crippen LogP) is 4.29. The van der Waals surface area contributed by atoms with Gasteiger partial charge in [0.1, 0.15) is 0 Å². The highest BCUT2D eigenvalue weighted by Crippen LogP contribution is 2.46. The van der Waals surface area contributed by atoms with Crippen LogP contribution in [0.2, 0.25) is 0 Å². The molecule has 1 aliphatic heterocycles. The Hall–Kier alpha value is -2.88. The average Bonchev–Trinajstić information content (AvgIpc) is 2.87. The first-order valence-corrected chi connectivity index (χ1v) is 9.19. The zero-order chi connectivity index (χ0) is 19.6. The highest BCUT2D eigenvalue weighted by Gasteiger charge is 2.38. The monoisotopic (exact) mass is 363 g/mol. The third kappa shape index (κ3) is 3.65. The quantitative estimate of drug-likeness (QED) is 0.587. The van der Waals surface area contributed by atoms with Gasteiger partial charge in [-0.15, -0.1) is 0 Å². The van der Waals surface area contributed by atoms with E-state index >= 15 is 0 Å². The number of fused-ring (bicyclic) bond motifs is 1. The third-order valence-electron chi connectivity index (χ3n) is 5.18. The second kappa shape index (κ2) is 7.39. The lowest BCUT2D eigenvalue weighted by Crippen LogP contribution is -2.25. The first kappa shape index (κ1) is 18.9. The molecule has 1 aliphatic rings. The van der Waals surface area contributed by atoms with Crippen molar-refractivity contribution in [2.75, 3.05) is 18.6 Å². The van der Waals surface area contributed by atoms with Crippen molar-refractivity contribution in [1.82, 2.24) is 0 Å². The number of esters is 1. The van der Waals surface area contributed by atoms with E-state index in [2.05, 4.69) is 26.8 Å². The summed E-state index contributed by atoms with van der Waals surface area (Å²) in [5.41, 5.74) is 4.50. The molecule has 0 saturated heterocycles. The standard InChI is InChI=1S/C23H25NO3/c1-5-16-10-12-17(13-11-16)22(26)27-15-18(25)14-21-23(2,3)19-8-6-7-9-20(19)24(21)4/h6-14H,5,15H2,1-4H3. The lowest BCUT2D eigenvalue weighted by molar-refractivity contribution is -0.117. The number of allylic oxidation sites excluding steroid dienone is 1. The van der Waals surface area contributed by atoms with E-state index in [1.165, 1.54) is 5.56 Å². The van der Waals surface area contributed by atoms with Crippen molar-refractivity contribution in [3.05, 3.63) is 77.0 Å². The second-order valence-corrected chi connectivity index (χ2v) is 7.32. The van der Waals surface area contributed by atoms with Gasteiger partial charge in [0.15, 0.2) is 12.4 Å². The number of hydrogen-bond acceptors (Lipinski definition) is 4. The Morgan fingerprint density at radius 1 is 1.07 bits per heavy atom. The molecule has 4 nitrogen and oxygen atoms in total. The summed E-state index contributed by atoms with van der Waals surface area (Å²) in [6.07, 6.45) is 2.50. The SMILES string of the molecule is CCc1ccc(C(=O)OCC(=O)C=C2N(C)c3ccccc3C2(C)C)cc1. The van der Waals surface area contributed by atoms with E-state index in [0.29, 0.717) is 5.56 Å². The second-order valence-electron chi connectivity index (χ2n) is 7.32. The molecule has 0 atom stereocenters. The van der Waals surface area contributed by atoms with Crippen molar-refractivity contribution < 1.29 is 14.3 Å². The molecule has 0 N–H and O–H groups in total. The number of likely N-dealkylation sites (N-methyl/N-ethyl adjacent to an activating group) is 1. The zero-order valence-electron chi connectivity index (χ0n) is 16.3. The largest absolute Gasteiger partial charge is 0.454 e. The minimum absolute atomic E-state index is 0.226. The normalized spacial score (nSPS) is 16.3. The van der Waals surface area contributed by atoms with Gasteiger partial charge in [0, 0.05) is 29.9 Å². The molecular formula is C23H25NO3. The van der Waals surface area contributed by atoms with Crippen LogP contribution in [-0.4, -0.2) is 25.4 Å². The van der Waals surface area contributed by atoms with Crippen molar-refractivity contribution in [2.24, 2.45) is 0 Å². The lowest BCUT2D eigenvalue weighted by atomic mass is 9.83. The molecule has 140 valence electrons. The smallest absolute Gasteiger partial charge is 0.338 e. The number of carbonyl (C=O) groups is 2. The van der Waals surface area contributed by atoms with E-state index in [1.54, 1.807) is 18.2 Å². The number of carbonyl (C=O) groups excluding carboxylic acids is 2. The number of aryl methyl sites for hydroxylation is 1. The molecule has 0 spiro atoms. The number of nitrogens with zero attached hydrogens (tertiary/aromatic N) is 1. The highest BCUT2D eigenvalue weighted by molar-refractivity contribution is 5.96. The number of ketones is 1. The fourth-order valence-corrected chi connectivity index (χ4v) is 3.55. The molecule has 2 aromatic carbocycles. The van der Waals surface area contributed by atoms with Gasteiger partial charge in [-0.3, -0.25) is 4.79 Å². The van der Waals surface area contributed by atoms with E-state index in [9.17, 15) is 9.59 Å². The van der Waals surface area contributed by atoms with Crippen LogP contribution in [0, 0.1) is 0 Å². The molecule has 2 aromatic rings. The van der Waals surface area contributed by atoms with Crippen LogP contribution >= 0.6 is 0 Å². The van der Waals surface area contributed by atoms with Gasteiger partial charge in [0.05, 0.1) is 5.56 Å². The van der Waals surface area contributed by atoms with Crippen LogP contribution in [0.3, 0.4) is 0 Å². The molecule has 0 unspecified atom stereocenters. The van der Waals surface area contributed by atoms with Crippen LogP contribution in [0.4, 0.5) is 5.69 Å². The summed E-state index contributed by atoms with van der Waals surface area (Å²) in [7, 11) is 1.95. The number of benzene rings is 2. The molecule has 0 fully saturated rings. The summed E-state index contributed by atoms with van der Waals surface area (Å²) in [5, 5.41) is 0. The summed E-state index contributed by atoms with van der Waals surface area (Å²) in [5.74, 6) is -0.706. The van der Waals surface area contributed by atoms with Crippen molar-refractivity contribution in [2.45, 2.75) is 32.6 Å². The molecule has 0 radical (unpaired) electrons. The zero-order valence-corrected chi connectivity index (χ0v) is 16.3. The highest BCUT2D eigenvalue weighted by atomic mass is 16.5. The average molecular weight is 363 g/mol. The van der Waals surface area contributed by atoms with E-state index in [0.717, 1.165) is 23.4 Å². The molecule has 27 heavy (non-hydrogen) atoms. The van der Waals surface area contributed by atoms with Crippen molar-refractivity contribution in [3.8, 4) is 0 Å². The maximum Gasteiger partial charge on any atom is 0.338 e. The molecule has 0 amide bonds. The topological polar surface area (TPSA) is 46.6 Å². The Morgan fingerprint density at radius 3 is 2.37 bits per heavy atom. The summed E-state index contributed by atoms with van der Waals surface area (Å²) < 4.78 is 5.20.